The van der Waals surface area contributed by atoms with Crippen molar-refractivity contribution in [2.45, 2.75) is 17.9 Å². The molecule has 0 spiro atoms. The molecule has 2 aromatic carbocycles. The molecule has 0 aliphatic heterocycles. The van der Waals surface area contributed by atoms with Gasteiger partial charge in [-0.15, -0.1) is 0 Å². The molecule has 0 heterocycles. The summed E-state index contributed by atoms with van der Waals surface area (Å²) in [5, 5.41) is 7.74. The number of benzene rings is 2. The van der Waals surface area contributed by atoms with Gasteiger partial charge in [0.1, 0.15) is 0 Å². The standard InChI is InChI=1S/C16H18N2O4S/c1-2-22-15(12-6-4-3-5-7-12)16(19)18-13-8-10-14(11-9-13)23(17,20)21/h3-11,15H,2H2,1H3,(H,18,19)(H2,17,20,21)/t15-/m1/s1. The molecule has 0 unspecified atom stereocenters. The molecule has 0 aliphatic rings. The Hall–Kier alpha value is -2.22. The lowest BCUT2D eigenvalue weighted by atomic mass is 10.1. The third-order valence-corrected chi connectivity index (χ3v) is 4.05. The van der Waals surface area contributed by atoms with Gasteiger partial charge >= 0.3 is 0 Å². The van der Waals surface area contributed by atoms with Crippen LogP contribution in [0, 0.1) is 0 Å². The number of carbonyl (C=O) groups excluding carboxylic acids is 1. The second kappa shape index (κ2) is 7.36. The van der Waals surface area contributed by atoms with Crippen molar-refractivity contribution in [2.24, 2.45) is 5.14 Å². The molecule has 2 rings (SSSR count). The fraction of sp³-hybridized carbons (Fsp3) is 0.188. The van der Waals surface area contributed by atoms with E-state index in [1.807, 2.05) is 37.3 Å². The van der Waals surface area contributed by atoms with Crippen molar-refractivity contribution in [3.63, 3.8) is 0 Å². The van der Waals surface area contributed by atoms with E-state index in [9.17, 15) is 13.2 Å². The normalized spacial score (nSPS) is 12.6. The lowest BCUT2D eigenvalue weighted by Gasteiger charge is -2.17. The van der Waals surface area contributed by atoms with E-state index < -0.39 is 16.1 Å². The number of amides is 1. The van der Waals surface area contributed by atoms with Crippen LogP contribution in [0.1, 0.15) is 18.6 Å². The zero-order valence-electron chi connectivity index (χ0n) is 12.6. The highest BCUT2D eigenvalue weighted by atomic mass is 32.2. The minimum atomic E-state index is -3.75. The first-order valence-electron chi connectivity index (χ1n) is 7.02. The molecule has 1 amide bonds. The first kappa shape index (κ1) is 17.1. The second-order valence-corrected chi connectivity index (χ2v) is 6.37. The summed E-state index contributed by atoms with van der Waals surface area (Å²) in [6.45, 7) is 2.20. The molecule has 0 bridgehead atoms. The number of carbonyl (C=O) groups is 1. The van der Waals surface area contributed by atoms with Crippen LogP contribution in [0.3, 0.4) is 0 Å². The zero-order chi connectivity index (χ0) is 16.9. The van der Waals surface area contributed by atoms with Crippen LogP contribution in [0.2, 0.25) is 0 Å². The van der Waals surface area contributed by atoms with E-state index in [1.54, 1.807) is 0 Å². The van der Waals surface area contributed by atoms with Gasteiger partial charge in [0.05, 0.1) is 4.90 Å². The smallest absolute Gasteiger partial charge is 0.258 e. The molecule has 0 fully saturated rings. The van der Waals surface area contributed by atoms with Gasteiger partial charge in [-0.05, 0) is 36.8 Å². The Labute approximate surface area is 135 Å². The van der Waals surface area contributed by atoms with E-state index in [0.29, 0.717) is 12.3 Å². The minimum Gasteiger partial charge on any atom is -0.364 e. The molecule has 23 heavy (non-hydrogen) atoms. The Balaban J connectivity index is 2.16. The average Bonchev–Trinajstić information content (AvgIpc) is 2.53. The summed E-state index contributed by atoms with van der Waals surface area (Å²) < 4.78 is 27.9. The summed E-state index contributed by atoms with van der Waals surface area (Å²) in [5.41, 5.74) is 1.20. The van der Waals surface area contributed by atoms with Crippen molar-refractivity contribution in [3.05, 3.63) is 60.2 Å². The fourth-order valence-corrected chi connectivity index (χ4v) is 2.57. The maximum absolute atomic E-state index is 12.4. The number of nitrogens with two attached hydrogens (primary N) is 1. The molecule has 2 aromatic rings. The Kier molecular flexibility index (Phi) is 5.49. The summed E-state index contributed by atoms with van der Waals surface area (Å²) in [6, 6.07) is 14.8. The Morgan fingerprint density at radius 3 is 2.26 bits per heavy atom. The van der Waals surface area contributed by atoms with Crippen LogP contribution in [0.5, 0.6) is 0 Å². The van der Waals surface area contributed by atoms with Crippen molar-refractivity contribution < 1.29 is 17.9 Å². The van der Waals surface area contributed by atoms with Crippen LogP contribution in [0.25, 0.3) is 0 Å². The van der Waals surface area contributed by atoms with Gasteiger partial charge in [0.15, 0.2) is 6.10 Å². The predicted octanol–water partition coefficient (Wildman–Crippen LogP) is 2.05. The Bertz CT molecular complexity index is 758. The van der Waals surface area contributed by atoms with Crippen LogP contribution >= 0.6 is 0 Å². The van der Waals surface area contributed by atoms with Crippen molar-refractivity contribution in [3.8, 4) is 0 Å². The second-order valence-electron chi connectivity index (χ2n) is 4.80. The largest absolute Gasteiger partial charge is 0.364 e. The lowest BCUT2D eigenvalue weighted by Crippen LogP contribution is -2.23. The minimum absolute atomic E-state index is 0.0140. The third kappa shape index (κ3) is 4.62. The summed E-state index contributed by atoms with van der Waals surface area (Å²) in [4.78, 5) is 12.4. The number of ether oxygens (including phenoxy) is 1. The molecule has 1 atom stereocenters. The van der Waals surface area contributed by atoms with Gasteiger partial charge in [-0.1, -0.05) is 30.3 Å². The highest BCUT2D eigenvalue weighted by molar-refractivity contribution is 7.89. The van der Waals surface area contributed by atoms with E-state index in [4.69, 9.17) is 9.88 Å². The van der Waals surface area contributed by atoms with Crippen molar-refractivity contribution >= 4 is 21.6 Å². The molecular weight excluding hydrogens is 316 g/mol. The van der Waals surface area contributed by atoms with Crippen LogP contribution in [-0.2, 0) is 19.6 Å². The molecule has 0 saturated carbocycles. The monoisotopic (exact) mass is 334 g/mol. The van der Waals surface area contributed by atoms with E-state index >= 15 is 0 Å². The van der Waals surface area contributed by atoms with Gasteiger partial charge in [-0.3, -0.25) is 4.79 Å². The third-order valence-electron chi connectivity index (χ3n) is 3.12. The molecule has 7 heteroatoms. The number of sulfonamides is 1. The van der Waals surface area contributed by atoms with Crippen LogP contribution in [-0.4, -0.2) is 20.9 Å². The Morgan fingerprint density at radius 2 is 1.74 bits per heavy atom. The van der Waals surface area contributed by atoms with Gasteiger partial charge < -0.3 is 10.1 Å². The first-order valence-corrected chi connectivity index (χ1v) is 8.56. The molecule has 0 radical (unpaired) electrons. The topological polar surface area (TPSA) is 98.5 Å². The van der Waals surface area contributed by atoms with Crippen molar-refractivity contribution in [1.82, 2.24) is 0 Å². The summed E-state index contributed by atoms with van der Waals surface area (Å²) in [6.07, 6.45) is -0.737. The van der Waals surface area contributed by atoms with Crippen LogP contribution < -0.4 is 10.5 Å². The van der Waals surface area contributed by atoms with Crippen molar-refractivity contribution in [2.75, 3.05) is 11.9 Å². The van der Waals surface area contributed by atoms with E-state index in [2.05, 4.69) is 5.32 Å². The first-order chi connectivity index (χ1) is 10.9. The van der Waals surface area contributed by atoms with Gasteiger partial charge in [0, 0.05) is 12.3 Å². The van der Waals surface area contributed by atoms with E-state index in [0.717, 1.165) is 5.56 Å². The van der Waals surface area contributed by atoms with Gasteiger partial charge in [-0.25, -0.2) is 13.6 Å². The molecule has 0 aromatic heterocycles. The number of anilines is 1. The highest BCUT2D eigenvalue weighted by Gasteiger charge is 2.21. The highest BCUT2D eigenvalue weighted by Crippen LogP contribution is 2.20. The van der Waals surface area contributed by atoms with Crippen molar-refractivity contribution in [1.29, 1.82) is 0 Å². The molecular formula is C16H18N2O4S. The molecule has 0 saturated heterocycles. The van der Waals surface area contributed by atoms with Crippen LogP contribution in [0.4, 0.5) is 5.69 Å². The number of hydrogen-bond acceptors (Lipinski definition) is 4. The van der Waals surface area contributed by atoms with E-state index in [1.165, 1.54) is 24.3 Å². The summed E-state index contributed by atoms with van der Waals surface area (Å²) in [5.74, 6) is -0.332. The quantitative estimate of drug-likeness (QED) is 0.844. The number of nitrogens with one attached hydrogen (secondary N) is 1. The maximum Gasteiger partial charge on any atom is 0.258 e. The summed E-state index contributed by atoms with van der Waals surface area (Å²) >= 11 is 0. The van der Waals surface area contributed by atoms with Crippen LogP contribution in [0.15, 0.2) is 59.5 Å². The Morgan fingerprint density at radius 1 is 1.13 bits per heavy atom. The fourth-order valence-electron chi connectivity index (χ4n) is 2.05. The number of rotatable bonds is 6. The maximum atomic E-state index is 12.4. The molecule has 3 N–H and O–H groups in total. The summed E-state index contributed by atoms with van der Waals surface area (Å²) in [7, 11) is -3.75. The van der Waals surface area contributed by atoms with Gasteiger partial charge in [0.25, 0.3) is 5.91 Å². The average molecular weight is 334 g/mol. The molecule has 0 aliphatic carbocycles. The van der Waals surface area contributed by atoms with Gasteiger partial charge in [0.2, 0.25) is 10.0 Å². The lowest BCUT2D eigenvalue weighted by molar-refractivity contribution is -0.127. The van der Waals surface area contributed by atoms with E-state index in [-0.39, 0.29) is 10.8 Å². The number of primary sulfonamides is 1. The van der Waals surface area contributed by atoms with Gasteiger partial charge in [-0.2, -0.15) is 0 Å². The molecule has 122 valence electrons. The zero-order valence-corrected chi connectivity index (χ0v) is 13.4. The predicted molar refractivity (Wildman–Crippen MR) is 87.3 cm³/mol. The number of hydrogen-bond donors (Lipinski definition) is 2. The SMILES string of the molecule is CCO[C@@H](C(=O)Nc1ccc(S(N)(=O)=O)cc1)c1ccccc1. The molecule has 6 nitrogen and oxygen atoms in total.